The Bertz CT molecular complexity index is 312. The van der Waals surface area contributed by atoms with Gasteiger partial charge in [-0.25, -0.2) is 0 Å². The van der Waals surface area contributed by atoms with Crippen LogP contribution in [0.3, 0.4) is 0 Å². The lowest BCUT2D eigenvalue weighted by Crippen LogP contribution is -2.29. The molecule has 0 aliphatic rings. The van der Waals surface area contributed by atoms with E-state index in [-0.39, 0.29) is 16.6 Å². The summed E-state index contributed by atoms with van der Waals surface area (Å²) in [5.41, 5.74) is -0.0739. The molecule has 0 bridgehead atoms. The smallest absolute Gasteiger partial charge is 0.167 e. The van der Waals surface area contributed by atoms with Crippen LogP contribution in [-0.2, 0) is 4.79 Å². The molecule has 0 aromatic carbocycles. The maximum atomic E-state index is 12.4. The summed E-state index contributed by atoms with van der Waals surface area (Å²) in [6, 6.07) is 0. The van der Waals surface area contributed by atoms with E-state index in [1.165, 1.54) is 0 Å². The van der Waals surface area contributed by atoms with Gasteiger partial charge in [0, 0.05) is 16.4 Å². The third-order valence-corrected chi connectivity index (χ3v) is 4.73. The minimum absolute atomic E-state index is 0.0715. The molecule has 0 aromatic rings. The van der Waals surface area contributed by atoms with Crippen molar-refractivity contribution in [3.05, 3.63) is 11.3 Å². The fourth-order valence-electron chi connectivity index (χ4n) is 2.43. The molecule has 0 aliphatic heterocycles. The molecule has 0 saturated heterocycles. The highest BCUT2D eigenvalue weighted by Gasteiger charge is 2.35. The zero-order valence-electron chi connectivity index (χ0n) is 13.2. The summed E-state index contributed by atoms with van der Waals surface area (Å²) in [6.07, 6.45) is 3.38. The Hall–Kier alpha value is -0.790. The molecule has 0 fully saturated rings. The lowest BCUT2D eigenvalue weighted by Gasteiger charge is -2.32. The van der Waals surface area contributed by atoms with E-state index in [1.54, 1.807) is 6.92 Å². The maximum Gasteiger partial charge on any atom is 0.167 e. The minimum atomic E-state index is -0.390. The molecule has 0 heterocycles. The lowest BCUT2D eigenvalue weighted by molar-refractivity contribution is -0.123. The summed E-state index contributed by atoms with van der Waals surface area (Å²) in [7, 11) is 0. The van der Waals surface area contributed by atoms with E-state index in [4.69, 9.17) is 0 Å². The SMILES string of the molecule is CCC(C)(C)C(=O)/C(C)=C(\O)C(CC)(CC)CC. The van der Waals surface area contributed by atoms with Gasteiger partial charge in [-0.2, -0.15) is 0 Å². The van der Waals surface area contributed by atoms with Gasteiger partial charge in [0.15, 0.2) is 5.78 Å². The Kier molecular flexibility index (Phi) is 6.12. The second kappa shape index (κ2) is 6.40. The van der Waals surface area contributed by atoms with Crippen LogP contribution in [0.25, 0.3) is 0 Å². The minimum Gasteiger partial charge on any atom is -0.511 e. The van der Waals surface area contributed by atoms with E-state index in [9.17, 15) is 9.90 Å². The van der Waals surface area contributed by atoms with E-state index in [0.29, 0.717) is 11.3 Å². The number of rotatable bonds is 7. The van der Waals surface area contributed by atoms with E-state index in [2.05, 4.69) is 20.8 Å². The van der Waals surface area contributed by atoms with E-state index in [1.807, 2.05) is 20.8 Å². The quantitative estimate of drug-likeness (QED) is 0.510. The molecule has 0 unspecified atom stereocenters. The molecule has 106 valence electrons. The van der Waals surface area contributed by atoms with Gasteiger partial charge in [0.1, 0.15) is 5.76 Å². The molecule has 0 spiro atoms. The second-order valence-electron chi connectivity index (χ2n) is 5.88. The Morgan fingerprint density at radius 2 is 1.33 bits per heavy atom. The van der Waals surface area contributed by atoms with E-state index >= 15 is 0 Å². The van der Waals surface area contributed by atoms with Crippen molar-refractivity contribution < 1.29 is 9.90 Å². The first-order valence-corrected chi connectivity index (χ1v) is 7.17. The van der Waals surface area contributed by atoms with Gasteiger partial charge >= 0.3 is 0 Å². The lowest BCUT2D eigenvalue weighted by atomic mass is 9.73. The van der Waals surface area contributed by atoms with Crippen molar-refractivity contribution >= 4 is 5.78 Å². The molecule has 0 saturated carbocycles. The number of hydrogen-bond acceptors (Lipinski definition) is 2. The number of Topliss-reactive ketones (excluding diaryl/α,β-unsaturated/α-hetero) is 1. The van der Waals surface area contributed by atoms with Crippen LogP contribution < -0.4 is 0 Å². The first-order chi connectivity index (χ1) is 8.22. The third-order valence-electron chi connectivity index (χ3n) is 4.73. The summed E-state index contributed by atoms with van der Waals surface area (Å²) in [6.45, 7) is 13.9. The second-order valence-corrected chi connectivity index (χ2v) is 5.88. The topological polar surface area (TPSA) is 37.3 Å². The molecule has 0 aliphatic carbocycles. The van der Waals surface area contributed by atoms with Crippen LogP contribution in [0, 0.1) is 10.8 Å². The molecule has 2 heteroatoms. The molecule has 0 amide bonds. The molecule has 0 rings (SSSR count). The van der Waals surface area contributed by atoms with Gasteiger partial charge in [-0.1, -0.05) is 41.5 Å². The highest BCUT2D eigenvalue weighted by atomic mass is 16.3. The first-order valence-electron chi connectivity index (χ1n) is 7.17. The molecule has 2 nitrogen and oxygen atoms in total. The zero-order chi connectivity index (χ0) is 14.6. The number of hydrogen-bond donors (Lipinski definition) is 1. The number of aliphatic hydroxyl groups excluding tert-OH is 1. The van der Waals surface area contributed by atoms with Crippen molar-refractivity contribution in [2.45, 2.75) is 74.1 Å². The van der Waals surface area contributed by atoms with Crippen LogP contribution in [0.2, 0.25) is 0 Å². The average molecular weight is 254 g/mol. The summed E-state index contributed by atoms with van der Waals surface area (Å²) in [5.74, 6) is 0.378. The standard InChI is InChI=1S/C16H30O2/c1-8-15(6,7)13(17)12(5)14(18)16(9-2,10-3)11-4/h18H,8-11H2,1-7H3/b14-12-. The largest absolute Gasteiger partial charge is 0.511 e. The fraction of sp³-hybridized carbons (Fsp3) is 0.812. The summed E-state index contributed by atoms with van der Waals surface area (Å²) in [4.78, 5) is 12.4. The van der Waals surface area contributed by atoms with Gasteiger partial charge in [-0.3, -0.25) is 4.79 Å². The van der Waals surface area contributed by atoms with Gasteiger partial charge < -0.3 is 5.11 Å². The number of carbonyl (C=O) groups excluding carboxylic acids is 1. The maximum absolute atomic E-state index is 12.4. The molecule has 18 heavy (non-hydrogen) atoms. The van der Waals surface area contributed by atoms with Crippen molar-refractivity contribution in [2.75, 3.05) is 0 Å². The fourth-order valence-corrected chi connectivity index (χ4v) is 2.43. The van der Waals surface area contributed by atoms with Gasteiger partial charge in [0.2, 0.25) is 0 Å². The van der Waals surface area contributed by atoms with Crippen molar-refractivity contribution in [1.29, 1.82) is 0 Å². The normalized spacial score (nSPS) is 14.4. The Balaban J connectivity index is 5.55. The number of ketones is 1. The summed E-state index contributed by atoms with van der Waals surface area (Å²) < 4.78 is 0. The average Bonchev–Trinajstić information content (AvgIpc) is 2.39. The predicted molar refractivity (Wildman–Crippen MR) is 77.7 cm³/mol. The molecule has 0 radical (unpaired) electrons. The van der Waals surface area contributed by atoms with Crippen molar-refractivity contribution in [1.82, 2.24) is 0 Å². The number of allylic oxidation sites excluding steroid dienone is 2. The molecule has 0 atom stereocenters. The van der Waals surface area contributed by atoms with E-state index < -0.39 is 0 Å². The Morgan fingerprint density at radius 3 is 1.61 bits per heavy atom. The molecular formula is C16H30O2. The highest BCUT2D eigenvalue weighted by Crippen LogP contribution is 2.40. The van der Waals surface area contributed by atoms with Crippen molar-refractivity contribution in [3.8, 4) is 0 Å². The predicted octanol–water partition coefficient (Wildman–Crippen LogP) is 5.04. The summed E-state index contributed by atoms with van der Waals surface area (Å²) >= 11 is 0. The van der Waals surface area contributed by atoms with Crippen LogP contribution in [0.4, 0.5) is 0 Å². The number of carbonyl (C=O) groups is 1. The third kappa shape index (κ3) is 3.15. The van der Waals surface area contributed by atoms with Crippen LogP contribution in [0.1, 0.15) is 74.1 Å². The van der Waals surface area contributed by atoms with Crippen molar-refractivity contribution in [3.63, 3.8) is 0 Å². The zero-order valence-corrected chi connectivity index (χ0v) is 13.2. The van der Waals surface area contributed by atoms with E-state index in [0.717, 1.165) is 25.7 Å². The van der Waals surface area contributed by atoms with Gasteiger partial charge in [0.05, 0.1) is 0 Å². The number of aliphatic hydroxyl groups is 1. The van der Waals surface area contributed by atoms with Crippen LogP contribution in [0.5, 0.6) is 0 Å². The van der Waals surface area contributed by atoms with Crippen LogP contribution >= 0.6 is 0 Å². The highest BCUT2D eigenvalue weighted by molar-refractivity contribution is 5.99. The van der Waals surface area contributed by atoms with Gasteiger partial charge in [-0.05, 0) is 32.6 Å². The molecule has 0 aromatic heterocycles. The van der Waals surface area contributed by atoms with Gasteiger partial charge in [0.25, 0.3) is 0 Å². The van der Waals surface area contributed by atoms with Crippen LogP contribution in [-0.4, -0.2) is 10.9 Å². The van der Waals surface area contributed by atoms with Crippen molar-refractivity contribution in [2.24, 2.45) is 10.8 Å². The monoisotopic (exact) mass is 254 g/mol. The van der Waals surface area contributed by atoms with Gasteiger partial charge in [-0.15, -0.1) is 0 Å². The Labute approximate surface area is 112 Å². The van der Waals surface area contributed by atoms with Crippen LogP contribution in [0.15, 0.2) is 11.3 Å². The molecule has 1 N–H and O–H groups in total. The molecular weight excluding hydrogens is 224 g/mol. The first kappa shape index (κ1) is 17.2. The Morgan fingerprint density at radius 1 is 0.944 bits per heavy atom. The summed E-state index contributed by atoms with van der Waals surface area (Å²) in [5, 5.41) is 10.5.